The molecule has 2 heterocycles. The molecule has 0 spiro atoms. The molecule has 2 rings (SSSR count). The summed E-state index contributed by atoms with van der Waals surface area (Å²) in [6.07, 6.45) is 1.83. The van der Waals surface area contributed by atoms with Gasteiger partial charge in [0.1, 0.15) is 4.21 Å². The topological polar surface area (TPSA) is 37.4 Å². The number of sulfonamides is 1. The average molecular weight is 308 g/mol. The van der Waals surface area contributed by atoms with Crippen LogP contribution in [0.3, 0.4) is 0 Å². The molecule has 0 aliphatic carbocycles. The Morgan fingerprint density at radius 2 is 1.94 bits per heavy atom. The predicted molar refractivity (Wildman–Crippen MR) is 75.6 cm³/mol. The molecule has 1 fully saturated rings. The lowest BCUT2D eigenvalue weighted by molar-refractivity contribution is 0.196. The van der Waals surface area contributed by atoms with Gasteiger partial charge in [-0.3, -0.25) is 0 Å². The molecule has 0 aromatic carbocycles. The van der Waals surface area contributed by atoms with Crippen molar-refractivity contribution >= 4 is 33.0 Å². The lowest BCUT2D eigenvalue weighted by Gasteiger charge is -2.35. The first kappa shape index (κ1) is 14.3. The fraction of sp³-hybridized carbons (Fsp3) is 0.667. The highest BCUT2D eigenvalue weighted by molar-refractivity contribution is 7.91. The van der Waals surface area contributed by atoms with Crippen molar-refractivity contribution < 1.29 is 8.42 Å². The summed E-state index contributed by atoms with van der Waals surface area (Å²) < 4.78 is 26.9. The Bertz CT molecular complexity index is 512. The highest BCUT2D eigenvalue weighted by atomic mass is 35.5. The van der Waals surface area contributed by atoms with Gasteiger partial charge in [-0.05, 0) is 30.4 Å². The molecule has 1 saturated heterocycles. The highest BCUT2D eigenvalue weighted by Crippen LogP contribution is 2.34. The van der Waals surface area contributed by atoms with Gasteiger partial charge >= 0.3 is 0 Å². The van der Waals surface area contributed by atoms with Gasteiger partial charge in [0, 0.05) is 18.0 Å². The van der Waals surface area contributed by atoms with Crippen molar-refractivity contribution in [1.82, 2.24) is 4.31 Å². The van der Waals surface area contributed by atoms with Crippen molar-refractivity contribution in [3.63, 3.8) is 0 Å². The molecule has 1 aromatic heterocycles. The molecule has 0 amide bonds. The Balaban J connectivity index is 2.17. The number of rotatable bonds is 3. The second-order valence-electron chi connectivity index (χ2n) is 5.42. The van der Waals surface area contributed by atoms with E-state index in [-0.39, 0.29) is 5.41 Å². The predicted octanol–water partition coefficient (Wildman–Crippen LogP) is 3.30. The van der Waals surface area contributed by atoms with Crippen LogP contribution in [0.2, 0.25) is 0 Å². The van der Waals surface area contributed by atoms with Crippen LogP contribution < -0.4 is 0 Å². The van der Waals surface area contributed by atoms with E-state index >= 15 is 0 Å². The Morgan fingerprint density at radius 1 is 1.33 bits per heavy atom. The molecule has 0 radical (unpaired) electrons. The van der Waals surface area contributed by atoms with Crippen LogP contribution in [0.5, 0.6) is 0 Å². The third kappa shape index (κ3) is 2.90. The zero-order valence-electron chi connectivity index (χ0n) is 10.6. The molecule has 3 nitrogen and oxygen atoms in total. The van der Waals surface area contributed by atoms with E-state index in [0.717, 1.165) is 17.7 Å². The minimum Gasteiger partial charge on any atom is -0.206 e. The van der Waals surface area contributed by atoms with Crippen LogP contribution in [-0.2, 0) is 15.9 Å². The molecule has 0 N–H and O–H groups in total. The largest absolute Gasteiger partial charge is 0.252 e. The van der Waals surface area contributed by atoms with Crippen LogP contribution in [0.25, 0.3) is 0 Å². The number of halogens is 1. The highest BCUT2D eigenvalue weighted by Gasteiger charge is 2.33. The van der Waals surface area contributed by atoms with Gasteiger partial charge in [0.25, 0.3) is 10.0 Å². The lowest BCUT2D eigenvalue weighted by atomic mass is 9.83. The number of nitrogens with zero attached hydrogens (tertiary/aromatic N) is 1. The van der Waals surface area contributed by atoms with Gasteiger partial charge < -0.3 is 0 Å². The summed E-state index contributed by atoms with van der Waals surface area (Å²) in [5.41, 5.74) is 0.253. The minimum atomic E-state index is -3.31. The molecule has 0 bridgehead atoms. The SMILES string of the molecule is CC1(C)CCN(S(=O)(=O)c2ccc(CCl)s2)CC1. The van der Waals surface area contributed by atoms with E-state index < -0.39 is 10.0 Å². The maximum atomic E-state index is 12.4. The van der Waals surface area contributed by atoms with E-state index in [1.165, 1.54) is 11.3 Å². The summed E-state index contributed by atoms with van der Waals surface area (Å²) in [6, 6.07) is 3.45. The molecule has 18 heavy (non-hydrogen) atoms. The maximum absolute atomic E-state index is 12.4. The third-order valence-electron chi connectivity index (χ3n) is 3.44. The van der Waals surface area contributed by atoms with E-state index in [9.17, 15) is 8.42 Å². The maximum Gasteiger partial charge on any atom is 0.252 e. The zero-order valence-corrected chi connectivity index (χ0v) is 13.0. The first-order chi connectivity index (χ1) is 8.35. The Hall–Kier alpha value is -0.100. The molecule has 1 aliphatic rings. The fourth-order valence-electron chi connectivity index (χ4n) is 2.03. The van der Waals surface area contributed by atoms with Crippen LogP contribution in [0, 0.1) is 5.41 Å². The van der Waals surface area contributed by atoms with Gasteiger partial charge in [-0.2, -0.15) is 4.31 Å². The molecular formula is C12H18ClNO2S2. The summed E-state index contributed by atoms with van der Waals surface area (Å²) >= 11 is 6.99. The summed E-state index contributed by atoms with van der Waals surface area (Å²) in [5, 5.41) is 0. The molecule has 0 saturated carbocycles. The molecular weight excluding hydrogens is 290 g/mol. The molecule has 6 heteroatoms. The Kier molecular flexibility index (Phi) is 4.07. The minimum absolute atomic E-state index is 0.253. The zero-order chi connectivity index (χ0) is 13.4. The van der Waals surface area contributed by atoms with E-state index in [2.05, 4.69) is 13.8 Å². The average Bonchev–Trinajstić information content (AvgIpc) is 2.77. The van der Waals surface area contributed by atoms with Gasteiger partial charge in [0.2, 0.25) is 0 Å². The number of thiophene rings is 1. The first-order valence-electron chi connectivity index (χ1n) is 6.00. The van der Waals surface area contributed by atoms with Crippen LogP contribution in [-0.4, -0.2) is 25.8 Å². The van der Waals surface area contributed by atoms with E-state index in [4.69, 9.17) is 11.6 Å². The van der Waals surface area contributed by atoms with Gasteiger partial charge in [-0.25, -0.2) is 8.42 Å². The summed E-state index contributed by atoms with van der Waals surface area (Å²) in [7, 11) is -3.31. The van der Waals surface area contributed by atoms with Gasteiger partial charge in [0.05, 0.1) is 5.88 Å². The number of hydrogen-bond donors (Lipinski definition) is 0. The van der Waals surface area contributed by atoms with E-state index in [1.54, 1.807) is 16.4 Å². The van der Waals surface area contributed by atoms with Crippen LogP contribution >= 0.6 is 22.9 Å². The quantitative estimate of drug-likeness (QED) is 0.804. The van der Waals surface area contributed by atoms with Gasteiger partial charge in [-0.1, -0.05) is 13.8 Å². The van der Waals surface area contributed by atoms with Gasteiger partial charge in [-0.15, -0.1) is 22.9 Å². The molecule has 0 unspecified atom stereocenters. The normalized spacial score (nSPS) is 21.1. The second-order valence-corrected chi connectivity index (χ2v) is 9.02. The first-order valence-corrected chi connectivity index (χ1v) is 8.79. The molecule has 1 aliphatic heterocycles. The van der Waals surface area contributed by atoms with E-state index in [1.807, 2.05) is 0 Å². The third-order valence-corrected chi connectivity index (χ3v) is 7.34. The van der Waals surface area contributed by atoms with Crippen molar-refractivity contribution in [3.8, 4) is 0 Å². The fourth-order valence-corrected chi connectivity index (χ4v) is 5.08. The second kappa shape index (κ2) is 5.12. The van der Waals surface area contributed by atoms with Crippen LogP contribution in [0.1, 0.15) is 31.6 Å². The van der Waals surface area contributed by atoms with Crippen molar-refractivity contribution in [2.24, 2.45) is 5.41 Å². The van der Waals surface area contributed by atoms with Crippen molar-refractivity contribution in [2.45, 2.75) is 36.8 Å². The van der Waals surface area contributed by atoms with Crippen LogP contribution in [0.4, 0.5) is 0 Å². The molecule has 0 atom stereocenters. The summed E-state index contributed by atoms with van der Waals surface area (Å²) in [6.45, 7) is 5.61. The summed E-state index contributed by atoms with van der Waals surface area (Å²) in [4.78, 5) is 0.896. The smallest absolute Gasteiger partial charge is 0.206 e. The number of alkyl halides is 1. The van der Waals surface area contributed by atoms with Crippen molar-refractivity contribution in [3.05, 3.63) is 17.0 Å². The van der Waals surface area contributed by atoms with Crippen molar-refractivity contribution in [1.29, 1.82) is 0 Å². The number of piperidine rings is 1. The van der Waals surface area contributed by atoms with E-state index in [0.29, 0.717) is 23.2 Å². The van der Waals surface area contributed by atoms with Gasteiger partial charge in [0.15, 0.2) is 0 Å². The monoisotopic (exact) mass is 307 g/mol. The lowest BCUT2D eigenvalue weighted by Crippen LogP contribution is -2.40. The standard InChI is InChI=1S/C12H18ClNO2S2/c1-12(2)5-7-14(8-6-12)18(15,16)11-4-3-10(9-13)17-11/h3-4H,5-9H2,1-2H3. The Morgan fingerprint density at radius 3 is 2.44 bits per heavy atom. The molecule has 1 aromatic rings. The molecule has 102 valence electrons. The number of hydrogen-bond acceptors (Lipinski definition) is 3. The Labute approximate surface area is 118 Å². The van der Waals surface area contributed by atoms with Crippen LogP contribution in [0.15, 0.2) is 16.3 Å². The summed E-state index contributed by atoms with van der Waals surface area (Å²) in [5.74, 6) is 0.368. The van der Waals surface area contributed by atoms with Crippen molar-refractivity contribution in [2.75, 3.05) is 13.1 Å².